The number of hydrogen-bond acceptors (Lipinski definition) is 4. The highest BCUT2D eigenvalue weighted by Crippen LogP contribution is 2.14. The van der Waals surface area contributed by atoms with E-state index in [1.54, 1.807) is 25.4 Å². The maximum atomic E-state index is 12.1. The summed E-state index contributed by atoms with van der Waals surface area (Å²) in [4.78, 5) is 23.6. The van der Waals surface area contributed by atoms with Crippen LogP contribution in [0.2, 0.25) is 0 Å². The highest BCUT2D eigenvalue weighted by Gasteiger charge is 2.09. The fourth-order valence-corrected chi connectivity index (χ4v) is 1.90. The van der Waals surface area contributed by atoms with E-state index in [9.17, 15) is 4.79 Å². The molecule has 0 saturated heterocycles. The van der Waals surface area contributed by atoms with Crippen LogP contribution in [0.4, 0.5) is 11.8 Å². The van der Waals surface area contributed by atoms with Crippen molar-refractivity contribution >= 4 is 28.7 Å². The molecule has 0 radical (unpaired) electrons. The van der Waals surface area contributed by atoms with Gasteiger partial charge in [0.05, 0.1) is 11.0 Å². The average Bonchev–Trinajstić information content (AvgIpc) is 2.89. The smallest absolute Gasteiger partial charge is 0.258 e. The second-order valence-corrected chi connectivity index (χ2v) is 4.24. The molecule has 20 heavy (non-hydrogen) atoms. The molecule has 2 aromatic heterocycles. The number of carbonyl (C=O) groups excluding carboxylic acids is 1. The summed E-state index contributed by atoms with van der Waals surface area (Å²) in [5.74, 6) is 0.837. The third kappa shape index (κ3) is 2.31. The zero-order valence-corrected chi connectivity index (χ0v) is 10.8. The van der Waals surface area contributed by atoms with Gasteiger partial charge < -0.3 is 10.3 Å². The van der Waals surface area contributed by atoms with Crippen molar-refractivity contribution < 1.29 is 4.79 Å². The van der Waals surface area contributed by atoms with Crippen LogP contribution in [0.25, 0.3) is 11.0 Å². The third-order valence-corrected chi connectivity index (χ3v) is 2.90. The maximum absolute atomic E-state index is 12.1. The predicted molar refractivity (Wildman–Crippen MR) is 77.8 cm³/mol. The van der Waals surface area contributed by atoms with E-state index in [4.69, 9.17) is 0 Å². The van der Waals surface area contributed by atoms with Crippen molar-refractivity contribution in [2.24, 2.45) is 0 Å². The Bertz CT molecular complexity index is 732. The number of H-pyrrole nitrogens is 1. The fraction of sp³-hybridized carbons (Fsp3) is 0.0714. The second kappa shape index (κ2) is 5.00. The molecule has 3 N–H and O–H groups in total. The lowest BCUT2D eigenvalue weighted by Crippen LogP contribution is -2.13. The number of pyridine rings is 1. The highest BCUT2D eigenvalue weighted by atomic mass is 16.1. The third-order valence-electron chi connectivity index (χ3n) is 2.90. The number of amides is 1. The number of hydrogen-bond donors (Lipinski definition) is 3. The summed E-state index contributed by atoms with van der Waals surface area (Å²) in [6.07, 6.45) is 1.58. The molecule has 0 atom stereocenters. The first-order valence-corrected chi connectivity index (χ1v) is 6.16. The first-order valence-electron chi connectivity index (χ1n) is 6.16. The number of benzene rings is 1. The molecular weight excluding hydrogens is 254 g/mol. The van der Waals surface area contributed by atoms with Crippen molar-refractivity contribution in [3.05, 3.63) is 48.2 Å². The van der Waals surface area contributed by atoms with Crippen molar-refractivity contribution in [3.8, 4) is 0 Å². The van der Waals surface area contributed by atoms with Gasteiger partial charge in [-0.2, -0.15) is 0 Å². The van der Waals surface area contributed by atoms with Crippen LogP contribution in [0.3, 0.4) is 0 Å². The highest BCUT2D eigenvalue weighted by molar-refractivity contribution is 6.04. The fourth-order valence-electron chi connectivity index (χ4n) is 1.90. The van der Waals surface area contributed by atoms with Crippen LogP contribution in [0.5, 0.6) is 0 Å². The average molecular weight is 267 g/mol. The van der Waals surface area contributed by atoms with E-state index in [0.717, 1.165) is 11.0 Å². The van der Waals surface area contributed by atoms with Crippen molar-refractivity contribution in [1.29, 1.82) is 0 Å². The molecule has 3 rings (SSSR count). The van der Waals surface area contributed by atoms with Gasteiger partial charge in [-0.05, 0) is 24.3 Å². The summed E-state index contributed by atoms with van der Waals surface area (Å²) >= 11 is 0. The molecule has 0 fully saturated rings. The van der Waals surface area contributed by atoms with E-state index in [1.807, 2.05) is 24.3 Å². The Hall–Kier alpha value is -2.89. The number of para-hydroxylation sites is 2. The van der Waals surface area contributed by atoms with E-state index in [2.05, 4.69) is 25.6 Å². The lowest BCUT2D eigenvalue weighted by Gasteiger charge is -2.03. The monoisotopic (exact) mass is 267 g/mol. The summed E-state index contributed by atoms with van der Waals surface area (Å²) in [5.41, 5.74) is 2.21. The number of nitrogens with zero attached hydrogens (tertiary/aromatic N) is 2. The van der Waals surface area contributed by atoms with Crippen LogP contribution >= 0.6 is 0 Å². The molecule has 6 heteroatoms. The topological polar surface area (TPSA) is 82.7 Å². The quantitative estimate of drug-likeness (QED) is 0.679. The zero-order valence-electron chi connectivity index (χ0n) is 10.8. The minimum Gasteiger partial charge on any atom is -0.373 e. The van der Waals surface area contributed by atoms with Gasteiger partial charge in [-0.15, -0.1) is 0 Å². The number of carbonyl (C=O) groups is 1. The van der Waals surface area contributed by atoms with Crippen LogP contribution in [0.15, 0.2) is 42.6 Å². The lowest BCUT2D eigenvalue weighted by atomic mass is 10.2. The standard InChI is InChI=1S/C14H13N5O/c1-15-12-8-9(6-7-16-12)13(20)19-14-17-10-4-2-3-5-11(10)18-14/h2-8H,1H3,(H,15,16)(H2,17,18,19,20). The molecule has 0 spiro atoms. The predicted octanol–water partition coefficient (Wildman–Crippen LogP) is 2.25. The molecular formula is C14H13N5O. The van der Waals surface area contributed by atoms with Gasteiger partial charge in [0.2, 0.25) is 5.95 Å². The van der Waals surface area contributed by atoms with Gasteiger partial charge in [-0.1, -0.05) is 12.1 Å². The molecule has 0 aliphatic rings. The Morgan fingerprint density at radius 1 is 1.25 bits per heavy atom. The van der Waals surface area contributed by atoms with Crippen LogP contribution in [0, 0.1) is 0 Å². The number of imidazole rings is 1. The Kier molecular flexibility index (Phi) is 3.04. The van der Waals surface area contributed by atoms with Gasteiger partial charge in [0, 0.05) is 18.8 Å². The molecule has 0 saturated carbocycles. The van der Waals surface area contributed by atoms with E-state index in [1.165, 1.54) is 0 Å². The number of aromatic amines is 1. The zero-order chi connectivity index (χ0) is 13.9. The number of fused-ring (bicyclic) bond motifs is 1. The second-order valence-electron chi connectivity index (χ2n) is 4.24. The van der Waals surface area contributed by atoms with Crippen molar-refractivity contribution in [3.63, 3.8) is 0 Å². The molecule has 3 aromatic rings. The van der Waals surface area contributed by atoms with E-state index in [-0.39, 0.29) is 5.91 Å². The minimum absolute atomic E-state index is 0.233. The summed E-state index contributed by atoms with van der Waals surface area (Å²) in [5, 5.41) is 5.63. The van der Waals surface area contributed by atoms with Crippen LogP contribution in [0.1, 0.15) is 10.4 Å². The Morgan fingerprint density at radius 2 is 2.10 bits per heavy atom. The summed E-state index contributed by atoms with van der Waals surface area (Å²) in [6, 6.07) is 10.9. The van der Waals surface area contributed by atoms with E-state index in [0.29, 0.717) is 17.3 Å². The Balaban J connectivity index is 1.84. The molecule has 0 aliphatic heterocycles. The Labute approximate surface area is 115 Å². The van der Waals surface area contributed by atoms with Gasteiger partial charge in [0.25, 0.3) is 5.91 Å². The number of anilines is 2. The number of nitrogens with one attached hydrogen (secondary N) is 3. The first kappa shape index (κ1) is 12.2. The van der Waals surface area contributed by atoms with Crippen LogP contribution in [-0.4, -0.2) is 27.9 Å². The van der Waals surface area contributed by atoms with Crippen molar-refractivity contribution in [2.75, 3.05) is 17.7 Å². The SMILES string of the molecule is CNc1cc(C(=O)Nc2nc3ccccc3[nH]2)ccn1. The van der Waals surface area contributed by atoms with Crippen molar-refractivity contribution in [2.45, 2.75) is 0 Å². The normalized spacial score (nSPS) is 10.4. The summed E-state index contributed by atoms with van der Waals surface area (Å²) in [6.45, 7) is 0. The summed E-state index contributed by atoms with van der Waals surface area (Å²) < 4.78 is 0. The molecule has 1 amide bonds. The molecule has 0 unspecified atom stereocenters. The molecule has 0 aliphatic carbocycles. The molecule has 2 heterocycles. The summed E-state index contributed by atoms with van der Waals surface area (Å²) in [7, 11) is 1.75. The minimum atomic E-state index is -0.233. The van der Waals surface area contributed by atoms with Crippen LogP contribution in [-0.2, 0) is 0 Å². The van der Waals surface area contributed by atoms with Crippen molar-refractivity contribution in [1.82, 2.24) is 15.0 Å². The van der Waals surface area contributed by atoms with Gasteiger partial charge >= 0.3 is 0 Å². The van der Waals surface area contributed by atoms with Gasteiger partial charge in [0.15, 0.2) is 0 Å². The van der Waals surface area contributed by atoms with Gasteiger partial charge in [0.1, 0.15) is 5.82 Å². The molecule has 100 valence electrons. The first-order chi connectivity index (χ1) is 9.76. The van der Waals surface area contributed by atoms with E-state index < -0.39 is 0 Å². The van der Waals surface area contributed by atoms with Gasteiger partial charge in [-0.25, -0.2) is 9.97 Å². The molecule has 6 nitrogen and oxygen atoms in total. The number of rotatable bonds is 3. The Morgan fingerprint density at radius 3 is 2.90 bits per heavy atom. The largest absolute Gasteiger partial charge is 0.373 e. The van der Waals surface area contributed by atoms with Crippen LogP contribution < -0.4 is 10.6 Å². The molecule has 1 aromatic carbocycles. The number of aromatic nitrogens is 3. The van der Waals surface area contributed by atoms with Gasteiger partial charge in [-0.3, -0.25) is 10.1 Å². The molecule has 0 bridgehead atoms. The maximum Gasteiger partial charge on any atom is 0.258 e. The van der Waals surface area contributed by atoms with E-state index >= 15 is 0 Å². The lowest BCUT2D eigenvalue weighted by molar-refractivity contribution is 0.102.